The molecule has 1 aromatic carbocycles. The topological polar surface area (TPSA) is 40.7 Å². The van der Waals surface area contributed by atoms with E-state index < -0.39 is 0 Å². The van der Waals surface area contributed by atoms with E-state index in [2.05, 4.69) is 17.2 Å². The van der Waals surface area contributed by atoms with Crippen LogP contribution in [0.5, 0.6) is 0 Å². The summed E-state index contributed by atoms with van der Waals surface area (Å²) < 4.78 is 13.1. The van der Waals surface area contributed by atoms with Crippen LogP contribution in [0.2, 0.25) is 0 Å². The second kappa shape index (κ2) is 8.43. The highest BCUT2D eigenvalue weighted by Gasteiger charge is 2.23. The van der Waals surface area contributed by atoms with Crippen molar-refractivity contribution >= 4 is 0 Å². The van der Waals surface area contributed by atoms with Gasteiger partial charge in [-0.3, -0.25) is 0 Å². The monoisotopic (exact) mass is 329 g/mol. The third-order valence-electron chi connectivity index (χ3n) is 4.96. The van der Waals surface area contributed by atoms with E-state index in [1.165, 1.54) is 57.1 Å². The fourth-order valence-electron chi connectivity index (χ4n) is 3.22. The summed E-state index contributed by atoms with van der Waals surface area (Å²) in [5.74, 6) is 0.799. The van der Waals surface area contributed by atoms with Crippen molar-refractivity contribution in [3.63, 3.8) is 0 Å². The highest BCUT2D eigenvalue weighted by molar-refractivity contribution is 5.58. The van der Waals surface area contributed by atoms with Crippen LogP contribution in [0.1, 0.15) is 70.2 Å². The Labute approximate surface area is 144 Å². The van der Waals surface area contributed by atoms with Crippen LogP contribution in [-0.2, 0) is 0 Å². The molecule has 2 aromatic rings. The van der Waals surface area contributed by atoms with E-state index in [1.54, 1.807) is 12.1 Å². The molecular formula is C20H28FN3. The maximum Gasteiger partial charge on any atom is 0.124 e. The van der Waals surface area contributed by atoms with Crippen molar-refractivity contribution in [1.82, 2.24) is 15.3 Å². The number of hydrogen-bond acceptors (Lipinski definition) is 2. The molecule has 24 heavy (non-hydrogen) atoms. The van der Waals surface area contributed by atoms with Gasteiger partial charge in [0, 0.05) is 17.8 Å². The van der Waals surface area contributed by atoms with E-state index in [1.807, 2.05) is 6.20 Å². The maximum atomic E-state index is 13.1. The number of aromatic amines is 1. The minimum Gasteiger partial charge on any atom is -0.347 e. The van der Waals surface area contributed by atoms with E-state index in [0.717, 1.165) is 23.5 Å². The summed E-state index contributed by atoms with van der Waals surface area (Å²) in [6.45, 7) is 2.24. The molecule has 3 rings (SSSR count). The van der Waals surface area contributed by atoms with Crippen LogP contribution in [0.15, 0.2) is 30.5 Å². The Morgan fingerprint density at radius 2 is 2.00 bits per heavy atom. The molecule has 0 radical (unpaired) electrons. The van der Waals surface area contributed by atoms with Gasteiger partial charge in [-0.05, 0) is 43.5 Å². The largest absolute Gasteiger partial charge is 0.347 e. The van der Waals surface area contributed by atoms with Crippen molar-refractivity contribution in [2.24, 2.45) is 0 Å². The Morgan fingerprint density at radius 3 is 2.67 bits per heavy atom. The van der Waals surface area contributed by atoms with E-state index in [4.69, 9.17) is 4.98 Å². The molecule has 1 heterocycles. The number of nitrogens with one attached hydrogen (secondary N) is 2. The van der Waals surface area contributed by atoms with Crippen molar-refractivity contribution < 1.29 is 4.39 Å². The minimum atomic E-state index is -0.213. The highest BCUT2D eigenvalue weighted by atomic mass is 19.1. The Bertz CT molecular complexity index is 616. The summed E-state index contributed by atoms with van der Waals surface area (Å²) in [6.07, 6.45) is 12.0. The molecule has 4 heteroatoms. The molecule has 1 fully saturated rings. The first-order valence-corrected chi connectivity index (χ1v) is 9.33. The quantitative estimate of drug-likeness (QED) is 0.607. The molecule has 1 aliphatic rings. The fraction of sp³-hybridized carbons (Fsp3) is 0.550. The van der Waals surface area contributed by atoms with E-state index in [9.17, 15) is 4.39 Å². The second-order valence-electron chi connectivity index (χ2n) is 6.87. The first-order chi connectivity index (χ1) is 11.8. The lowest BCUT2D eigenvalue weighted by atomic mass is 9.91. The fourth-order valence-corrected chi connectivity index (χ4v) is 3.22. The zero-order valence-corrected chi connectivity index (χ0v) is 14.5. The Balaban J connectivity index is 1.67. The molecule has 1 saturated carbocycles. The molecular weight excluding hydrogens is 301 g/mol. The zero-order chi connectivity index (χ0) is 16.8. The average molecular weight is 329 g/mol. The number of imidazole rings is 1. The van der Waals surface area contributed by atoms with Gasteiger partial charge in [-0.25, -0.2) is 9.37 Å². The van der Waals surface area contributed by atoms with Crippen molar-refractivity contribution in [3.05, 3.63) is 42.1 Å². The molecule has 0 bridgehead atoms. The van der Waals surface area contributed by atoms with E-state index >= 15 is 0 Å². The number of unbranched alkanes of at least 4 members (excludes halogenated alkanes) is 3. The van der Waals surface area contributed by atoms with Gasteiger partial charge in [-0.1, -0.05) is 39.0 Å². The van der Waals surface area contributed by atoms with Crippen LogP contribution in [0.4, 0.5) is 4.39 Å². The second-order valence-corrected chi connectivity index (χ2v) is 6.87. The number of nitrogens with zero attached hydrogens (tertiary/aromatic N) is 1. The van der Waals surface area contributed by atoms with Gasteiger partial charge in [0.25, 0.3) is 0 Å². The van der Waals surface area contributed by atoms with Crippen LogP contribution in [0.3, 0.4) is 0 Å². The van der Waals surface area contributed by atoms with Crippen LogP contribution >= 0.6 is 0 Å². The van der Waals surface area contributed by atoms with Gasteiger partial charge in [-0.15, -0.1) is 0 Å². The predicted molar refractivity (Wildman–Crippen MR) is 96.3 cm³/mol. The average Bonchev–Trinajstić information content (AvgIpc) is 3.03. The van der Waals surface area contributed by atoms with Crippen LogP contribution in [-0.4, -0.2) is 16.0 Å². The van der Waals surface area contributed by atoms with E-state index in [0.29, 0.717) is 12.1 Å². The number of H-pyrrole nitrogens is 1. The van der Waals surface area contributed by atoms with Crippen molar-refractivity contribution in [2.45, 2.75) is 70.4 Å². The highest BCUT2D eigenvalue weighted by Crippen LogP contribution is 2.27. The van der Waals surface area contributed by atoms with Gasteiger partial charge in [0.1, 0.15) is 11.6 Å². The number of hydrogen-bond donors (Lipinski definition) is 2. The molecule has 0 aliphatic heterocycles. The normalized spacial score (nSPS) is 16.1. The Hall–Kier alpha value is -1.68. The first kappa shape index (κ1) is 17.2. The smallest absolute Gasteiger partial charge is 0.124 e. The third kappa shape index (κ3) is 4.44. The Morgan fingerprint density at radius 1 is 1.21 bits per heavy atom. The third-order valence-corrected chi connectivity index (χ3v) is 4.96. The summed E-state index contributed by atoms with van der Waals surface area (Å²) in [4.78, 5) is 8.13. The molecule has 0 saturated heterocycles. The predicted octanol–water partition coefficient (Wildman–Crippen LogP) is 5.37. The SMILES string of the molecule is CCCCCC[C@H](NC1CCC1)c1nc(-c2ccc(F)cc2)c[nH]1. The number of benzene rings is 1. The van der Waals surface area contributed by atoms with Crippen molar-refractivity contribution in [3.8, 4) is 11.3 Å². The molecule has 3 nitrogen and oxygen atoms in total. The lowest BCUT2D eigenvalue weighted by Gasteiger charge is -2.31. The van der Waals surface area contributed by atoms with Crippen molar-refractivity contribution in [2.75, 3.05) is 0 Å². The van der Waals surface area contributed by atoms with Gasteiger partial charge in [0.15, 0.2) is 0 Å². The number of aromatic nitrogens is 2. The Kier molecular flexibility index (Phi) is 6.02. The molecule has 1 atom stereocenters. The van der Waals surface area contributed by atoms with Crippen LogP contribution in [0.25, 0.3) is 11.3 Å². The summed E-state index contributed by atoms with van der Waals surface area (Å²) >= 11 is 0. The lowest BCUT2D eigenvalue weighted by Crippen LogP contribution is -2.38. The van der Waals surface area contributed by atoms with Gasteiger partial charge >= 0.3 is 0 Å². The van der Waals surface area contributed by atoms with Gasteiger partial charge < -0.3 is 10.3 Å². The molecule has 130 valence electrons. The molecule has 0 unspecified atom stereocenters. The van der Waals surface area contributed by atoms with Gasteiger partial charge in [0.2, 0.25) is 0 Å². The molecule has 0 amide bonds. The standard InChI is InChI=1S/C20H28FN3/c1-2-3-4-5-9-18(23-17-7-6-8-17)20-22-14-19(24-20)15-10-12-16(21)13-11-15/h10-14,17-18,23H,2-9H2,1H3,(H,22,24)/t18-/m0/s1. The summed E-state index contributed by atoms with van der Waals surface area (Å²) in [7, 11) is 0. The molecule has 0 spiro atoms. The first-order valence-electron chi connectivity index (χ1n) is 9.33. The zero-order valence-electron chi connectivity index (χ0n) is 14.5. The van der Waals surface area contributed by atoms with Gasteiger partial charge in [0.05, 0.1) is 11.7 Å². The summed E-state index contributed by atoms with van der Waals surface area (Å²) in [6, 6.07) is 7.47. The van der Waals surface area contributed by atoms with Crippen molar-refractivity contribution in [1.29, 1.82) is 0 Å². The molecule has 1 aliphatic carbocycles. The summed E-state index contributed by atoms with van der Waals surface area (Å²) in [5.41, 5.74) is 1.84. The summed E-state index contributed by atoms with van der Waals surface area (Å²) in [5, 5.41) is 3.77. The number of rotatable bonds is 9. The lowest BCUT2D eigenvalue weighted by molar-refractivity contribution is 0.289. The van der Waals surface area contributed by atoms with Gasteiger partial charge in [-0.2, -0.15) is 0 Å². The maximum absolute atomic E-state index is 13.1. The minimum absolute atomic E-state index is 0.213. The van der Waals surface area contributed by atoms with Crippen LogP contribution in [0, 0.1) is 5.82 Å². The number of halogens is 1. The molecule has 1 aromatic heterocycles. The van der Waals surface area contributed by atoms with E-state index in [-0.39, 0.29) is 5.82 Å². The van der Waals surface area contributed by atoms with Crippen LogP contribution < -0.4 is 5.32 Å². The molecule has 2 N–H and O–H groups in total.